The van der Waals surface area contributed by atoms with E-state index in [0.29, 0.717) is 0 Å². The van der Waals surface area contributed by atoms with E-state index in [4.69, 9.17) is 4.98 Å². The molecule has 4 nitrogen and oxygen atoms in total. The van der Waals surface area contributed by atoms with Crippen LogP contribution in [-0.2, 0) is 6.54 Å². The zero-order chi connectivity index (χ0) is 15.6. The van der Waals surface area contributed by atoms with Gasteiger partial charge in [0, 0.05) is 21.2 Å². The largest absolute Gasteiger partial charge is 0.364 e. The first-order chi connectivity index (χ1) is 11.3. The number of nitrogens with zero attached hydrogens (tertiary/aromatic N) is 3. The first-order valence-corrected chi connectivity index (χ1v) is 9.06. The third-order valence-electron chi connectivity index (χ3n) is 3.64. The van der Waals surface area contributed by atoms with Gasteiger partial charge in [-0.2, -0.15) is 11.3 Å². The van der Waals surface area contributed by atoms with Crippen molar-refractivity contribution in [1.29, 1.82) is 0 Å². The Kier molecular flexibility index (Phi) is 3.77. The molecule has 0 saturated heterocycles. The lowest BCUT2D eigenvalue weighted by Crippen LogP contribution is -2.04. The predicted molar refractivity (Wildman–Crippen MR) is 97.0 cm³/mol. The Morgan fingerprint density at radius 3 is 2.83 bits per heavy atom. The number of anilines is 1. The smallest absolute Gasteiger partial charge is 0.162 e. The van der Waals surface area contributed by atoms with E-state index in [2.05, 4.69) is 26.7 Å². The molecule has 1 N–H and O–H groups in total. The average molecular weight is 338 g/mol. The minimum atomic E-state index is 0.723. The summed E-state index contributed by atoms with van der Waals surface area (Å²) in [7, 11) is 0. The van der Waals surface area contributed by atoms with Gasteiger partial charge in [-0.15, -0.1) is 11.3 Å². The van der Waals surface area contributed by atoms with Crippen molar-refractivity contribution >= 4 is 39.4 Å². The highest BCUT2D eigenvalue weighted by Gasteiger charge is 2.10. The fourth-order valence-corrected chi connectivity index (χ4v) is 3.74. The molecule has 0 unspecified atom stereocenters. The molecule has 0 fully saturated rings. The highest BCUT2D eigenvalue weighted by Crippen LogP contribution is 2.26. The Bertz CT molecular complexity index is 944. The van der Waals surface area contributed by atoms with Crippen LogP contribution < -0.4 is 5.32 Å². The number of para-hydroxylation sites is 1. The van der Waals surface area contributed by atoms with E-state index in [0.717, 1.165) is 40.3 Å². The summed E-state index contributed by atoms with van der Waals surface area (Å²) in [5, 5.41) is 8.61. The molecule has 0 aliphatic rings. The van der Waals surface area contributed by atoms with Crippen molar-refractivity contribution in [3.05, 3.63) is 57.2 Å². The Labute approximate surface area is 141 Å². The van der Waals surface area contributed by atoms with Crippen LogP contribution in [-0.4, -0.2) is 15.0 Å². The van der Waals surface area contributed by atoms with E-state index < -0.39 is 0 Å². The normalized spacial score (nSPS) is 11.0. The summed E-state index contributed by atoms with van der Waals surface area (Å²) in [5.41, 5.74) is 4.95. The van der Waals surface area contributed by atoms with E-state index in [1.807, 2.05) is 42.1 Å². The second-order valence-corrected chi connectivity index (χ2v) is 6.86. The van der Waals surface area contributed by atoms with E-state index in [1.165, 1.54) is 4.88 Å². The molecule has 0 amide bonds. The second-order valence-electron chi connectivity index (χ2n) is 5.14. The van der Waals surface area contributed by atoms with Crippen LogP contribution >= 0.6 is 22.7 Å². The Balaban J connectivity index is 1.76. The molecule has 3 aromatic heterocycles. The van der Waals surface area contributed by atoms with Gasteiger partial charge in [-0.25, -0.2) is 15.0 Å². The summed E-state index contributed by atoms with van der Waals surface area (Å²) in [5.74, 6) is 1.62. The Morgan fingerprint density at radius 1 is 1.13 bits per heavy atom. The van der Waals surface area contributed by atoms with Gasteiger partial charge >= 0.3 is 0 Å². The van der Waals surface area contributed by atoms with Crippen molar-refractivity contribution in [1.82, 2.24) is 15.0 Å². The van der Waals surface area contributed by atoms with E-state index in [1.54, 1.807) is 22.7 Å². The van der Waals surface area contributed by atoms with E-state index in [9.17, 15) is 0 Å². The maximum Gasteiger partial charge on any atom is 0.162 e. The van der Waals surface area contributed by atoms with Crippen molar-refractivity contribution < 1.29 is 0 Å². The number of aryl methyl sites for hydroxylation is 1. The molecule has 0 bridgehead atoms. The van der Waals surface area contributed by atoms with Gasteiger partial charge in [0.2, 0.25) is 0 Å². The number of benzene rings is 1. The van der Waals surface area contributed by atoms with Crippen molar-refractivity contribution in [2.24, 2.45) is 0 Å². The van der Waals surface area contributed by atoms with Crippen LogP contribution in [0.1, 0.15) is 10.6 Å². The lowest BCUT2D eigenvalue weighted by atomic mass is 10.2. The van der Waals surface area contributed by atoms with Crippen LogP contribution in [0.15, 0.2) is 46.6 Å². The average Bonchev–Trinajstić information content (AvgIpc) is 3.24. The van der Waals surface area contributed by atoms with Gasteiger partial charge in [0.1, 0.15) is 5.82 Å². The van der Waals surface area contributed by atoms with Crippen molar-refractivity contribution in [2.45, 2.75) is 13.5 Å². The summed E-state index contributed by atoms with van der Waals surface area (Å²) >= 11 is 3.31. The third-order valence-corrected chi connectivity index (χ3v) is 5.26. The molecule has 1 aromatic carbocycles. The number of hydrogen-bond donors (Lipinski definition) is 1. The second kappa shape index (κ2) is 6.06. The van der Waals surface area contributed by atoms with Crippen LogP contribution in [0.25, 0.3) is 22.3 Å². The minimum absolute atomic E-state index is 0.723. The summed E-state index contributed by atoms with van der Waals surface area (Å²) in [6.45, 7) is 2.75. The fourth-order valence-electron chi connectivity index (χ4n) is 2.39. The molecule has 3 heterocycles. The zero-order valence-corrected chi connectivity index (χ0v) is 14.1. The number of thiophene rings is 1. The number of aromatic nitrogens is 3. The van der Waals surface area contributed by atoms with Gasteiger partial charge < -0.3 is 5.32 Å². The summed E-state index contributed by atoms with van der Waals surface area (Å²) < 4.78 is 0. The molecule has 0 radical (unpaired) electrons. The van der Waals surface area contributed by atoms with Crippen LogP contribution in [0.4, 0.5) is 5.82 Å². The summed E-state index contributed by atoms with van der Waals surface area (Å²) in [6.07, 6.45) is 0. The van der Waals surface area contributed by atoms with Crippen LogP contribution in [0.3, 0.4) is 0 Å². The first-order valence-electron chi connectivity index (χ1n) is 7.23. The molecule has 0 atom stereocenters. The van der Waals surface area contributed by atoms with Crippen molar-refractivity contribution in [2.75, 3.05) is 5.32 Å². The van der Waals surface area contributed by atoms with E-state index >= 15 is 0 Å². The molecular weight excluding hydrogens is 324 g/mol. The quantitative estimate of drug-likeness (QED) is 0.584. The Morgan fingerprint density at radius 2 is 2.04 bits per heavy atom. The zero-order valence-electron chi connectivity index (χ0n) is 12.5. The molecule has 23 heavy (non-hydrogen) atoms. The van der Waals surface area contributed by atoms with Crippen LogP contribution in [0.5, 0.6) is 0 Å². The number of nitrogens with one attached hydrogen (secondary N) is 1. The molecule has 4 aromatic rings. The molecular formula is C17H14N4S2. The molecule has 0 aliphatic carbocycles. The van der Waals surface area contributed by atoms with Crippen molar-refractivity contribution in [3.63, 3.8) is 0 Å². The molecule has 6 heteroatoms. The lowest BCUT2D eigenvalue weighted by Gasteiger charge is -2.10. The van der Waals surface area contributed by atoms with Gasteiger partial charge in [0.15, 0.2) is 5.82 Å². The number of rotatable bonds is 4. The summed E-state index contributed by atoms with van der Waals surface area (Å²) in [6, 6.07) is 10.1. The SMILES string of the molecule is Cc1ncsc1CNc1nc(-c2ccsc2)nc2ccccc12. The topological polar surface area (TPSA) is 50.7 Å². The first kappa shape index (κ1) is 14.3. The van der Waals surface area contributed by atoms with Gasteiger partial charge in [-0.3, -0.25) is 0 Å². The Hall–Kier alpha value is -2.31. The number of fused-ring (bicyclic) bond motifs is 1. The molecule has 114 valence electrons. The van der Waals surface area contributed by atoms with E-state index in [-0.39, 0.29) is 0 Å². The highest BCUT2D eigenvalue weighted by atomic mass is 32.1. The maximum absolute atomic E-state index is 4.74. The van der Waals surface area contributed by atoms with Gasteiger partial charge in [0.05, 0.1) is 23.3 Å². The molecule has 4 rings (SSSR count). The number of hydrogen-bond acceptors (Lipinski definition) is 6. The fraction of sp³-hybridized carbons (Fsp3) is 0.118. The van der Waals surface area contributed by atoms with Gasteiger partial charge in [-0.05, 0) is 30.5 Å². The summed E-state index contributed by atoms with van der Waals surface area (Å²) in [4.78, 5) is 15.0. The molecule has 0 spiro atoms. The van der Waals surface area contributed by atoms with Gasteiger partial charge in [-0.1, -0.05) is 12.1 Å². The number of thiazole rings is 1. The van der Waals surface area contributed by atoms with Crippen molar-refractivity contribution in [3.8, 4) is 11.4 Å². The standard InChI is InChI=1S/C17H14N4S2/c1-11-15(23-10-19-11)8-18-17-13-4-2-3-5-14(13)20-16(21-17)12-6-7-22-9-12/h2-7,9-10H,8H2,1H3,(H,18,20,21). The van der Waals surface area contributed by atoms with Crippen LogP contribution in [0.2, 0.25) is 0 Å². The predicted octanol–water partition coefficient (Wildman–Crippen LogP) is 4.74. The monoisotopic (exact) mass is 338 g/mol. The van der Waals surface area contributed by atoms with Crippen LogP contribution in [0, 0.1) is 6.92 Å². The third kappa shape index (κ3) is 2.83. The van der Waals surface area contributed by atoms with Gasteiger partial charge in [0.25, 0.3) is 0 Å². The molecule has 0 saturated carbocycles. The maximum atomic E-state index is 4.74. The molecule has 0 aliphatic heterocycles. The highest BCUT2D eigenvalue weighted by molar-refractivity contribution is 7.09. The minimum Gasteiger partial charge on any atom is -0.364 e. The lowest BCUT2D eigenvalue weighted by molar-refractivity contribution is 1.09.